The van der Waals surface area contributed by atoms with Crippen molar-refractivity contribution in [3.63, 3.8) is 0 Å². The van der Waals surface area contributed by atoms with Gasteiger partial charge in [-0.25, -0.2) is 9.97 Å². The highest BCUT2D eigenvalue weighted by Crippen LogP contribution is 2.18. The number of carbonyl (C=O) groups is 1. The second-order valence-corrected chi connectivity index (χ2v) is 6.03. The first-order valence-corrected chi connectivity index (χ1v) is 8.08. The molecule has 1 N–H and O–H groups in total. The Morgan fingerprint density at radius 2 is 1.88 bits per heavy atom. The van der Waals surface area contributed by atoms with Crippen LogP contribution in [0, 0.1) is 0 Å². The number of carbonyl (C=O) groups excluding carboxylic acids is 1. The number of rotatable bonds is 2. The van der Waals surface area contributed by atoms with Crippen LogP contribution in [0.5, 0.6) is 0 Å². The van der Waals surface area contributed by atoms with Gasteiger partial charge in [0.1, 0.15) is 12.1 Å². The van der Waals surface area contributed by atoms with Crippen molar-refractivity contribution in [2.45, 2.75) is 18.9 Å². The first-order valence-electron chi connectivity index (χ1n) is 8.08. The minimum atomic E-state index is -0.288. The summed E-state index contributed by atoms with van der Waals surface area (Å²) >= 11 is 0. The van der Waals surface area contributed by atoms with Crippen LogP contribution in [0.3, 0.4) is 0 Å². The first kappa shape index (κ1) is 14.8. The summed E-state index contributed by atoms with van der Waals surface area (Å²) in [5.74, 6) is 0.700. The lowest BCUT2D eigenvalue weighted by Gasteiger charge is -2.29. The Bertz CT molecular complexity index is 864. The number of likely N-dealkylation sites (tertiary alicyclic amines) is 1. The molecule has 0 spiro atoms. The van der Waals surface area contributed by atoms with Crippen molar-refractivity contribution in [3.05, 3.63) is 54.5 Å². The van der Waals surface area contributed by atoms with Crippen LogP contribution in [0.25, 0.3) is 16.9 Å². The van der Waals surface area contributed by atoms with Crippen LogP contribution >= 0.6 is 0 Å². The highest BCUT2D eigenvalue weighted by molar-refractivity contribution is 5.94. The molecule has 122 valence electrons. The molecule has 0 atom stereocenters. The summed E-state index contributed by atoms with van der Waals surface area (Å²) < 4.78 is 1.90. The minimum absolute atomic E-state index is 0.0311. The number of fused-ring (bicyclic) bond motifs is 1. The maximum absolute atomic E-state index is 12.5. The van der Waals surface area contributed by atoms with Gasteiger partial charge in [0.15, 0.2) is 0 Å². The number of hydrogen-bond donors (Lipinski definition) is 1. The number of imidazole rings is 1. The van der Waals surface area contributed by atoms with Crippen molar-refractivity contribution in [1.29, 1.82) is 0 Å². The van der Waals surface area contributed by atoms with Crippen molar-refractivity contribution in [1.82, 2.24) is 19.4 Å². The highest BCUT2D eigenvalue weighted by atomic mass is 16.3. The molecule has 1 aliphatic heterocycles. The summed E-state index contributed by atoms with van der Waals surface area (Å²) in [5.41, 5.74) is 2.46. The zero-order valence-corrected chi connectivity index (χ0v) is 13.2. The van der Waals surface area contributed by atoms with E-state index in [1.165, 1.54) is 0 Å². The van der Waals surface area contributed by atoms with E-state index in [-0.39, 0.29) is 12.0 Å². The second kappa shape index (κ2) is 6.05. The van der Waals surface area contributed by atoms with E-state index in [0.29, 0.717) is 31.5 Å². The second-order valence-electron chi connectivity index (χ2n) is 6.03. The molecule has 6 nitrogen and oxygen atoms in total. The van der Waals surface area contributed by atoms with Gasteiger partial charge >= 0.3 is 0 Å². The number of aliphatic hydroxyl groups is 1. The molecule has 1 aliphatic rings. The normalized spacial score (nSPS) is 15.8. The van der Waals surface area contributed by atoms with E-state index in [0.717, 1.165) is 16.9 Å². The molecule has 1 fully saturated rings. The smallest absolute Gasteiger partial charge is 0.255 e. The Hall–Kier alpha value is -2.73. The molecule has 3 heterocycles. The van der Waals surface area contributed by atoms with Crippen molar-refractivity contribution in [3.8, 4) is 5.82 Å². The third-order valence-electron chi connectivity index (χ3n) is 4.45. The largest absolute Gasteiger partial charge is 0.393 e. The van der Waals surface area contributed by atoms with Crippen molar-refractivity contribution in [2.24, 2.45) is 0 Å². The van der Waals surface area contributed by atoms with Gasteiger partial charge in [-0.2, -0.15) is 0 Å². The monoisotopic (exact) mass is 322 g/mol. The zero-order chi connectivity index (χ0) is 16.5. The average Bonchev–Trinajstić information content (AvgIpc) is 3.06. The average molecular weight is 322 g/mol. The Morgan fingerprint density at radius 3 is 2.62 bits per heavy atom. The summed E-state index contributed by atoms with van der Waals surface area (Å²) in [6, 6.07) is 11.5. The predicted molar refractivity (Wildman–Crippen MR) is 90.0 cm³/mol. The van der Waals surface area contributed by atoms with Crippen molar-refractivity contribution in [2.75, 3.05) is 13.1 Å². The number of hydrogen-bond acceptors (Lipinski definition) is 4. The van der Waals surface area contributed by atoms with Crippen LogP contribution in [-0.2, 0) is 0 Å². The fraction of sp³-hybridized carbons (Fsp3) is 0.278. The van der Waals surface area contributed by atoms with Crippen LogP contribution in [0.15, 0.2) is 48.9 Å². The molecule has 3 aromatic rings. The van der Waals surface area contributed by atoms with Gasteiger partial charge < -0.3 is 10.0 Å². The van der Waals surface area contributed by atoms with Gasteiger partial charge in [-0.1, -0.05) is 12.1 Å². The number of pyridine rings is 1. The van der Waals surface area contributed by atoms with Crippen LogP contribution in [0.4, 0.5) is 0 Å². The van der Waals surface area contributed by atoms with E-state index in [9.17, 15) is 9.90 Å². The molecule has 24 heavy (non-hydrogen) atoms. The Labute approximate surface area is 139 Å². The van der Waals surface area contributed by atoms with E-state index >= 15 is 0 Å². The predicted octanol–water partition coefficient (Wildman–Crippen LogP) is 2.02. The van der Waals surface area contributed by atoms with Crippen LogP contribution in [-0.4, -0.2) is 49.6 Å². The highest BCUT2D eigenvalue weighted by Gasteiger charge is 2.22. The summed E-state index contributed by atoms with van der Waals surface area (Å²) in [6.07, 6.45) is 4.33. The van der Waals surface area contributed by atoms with Gasteiger partial charge in [0, 0.05) is 19.3 Å². The number of benzene rings is 1. The van der Waals surface area contributed by atoms with Gasteiger partial charge in [0.2, 0.25) is 0 Å². The molecule has 0 radical (unpaired) electrons. The van der Waals surface area contributed by atoms with E-state index in [1.807, 2.05) is 34.9 Å². The molecule has 4 rings (SSSR count). The molecule has 1 saturated heterocycles. The number of amides is 1. The van der Waals surface area contributed by atoms with Gasteiger partial charge in [-0.3, -0.25) is 9.36 Å². The third kappa shape index (κ3) is 2.65. The Kier molecular flexibility index (Phi) is 3.74. The molecule has 0 bridgehead atoms. The van der Waals surface area contributed by atoms with E-state index in [4.69, 9.17) is 0 Å². The lowest BCUT2D eigenvalue weighted by atomic mass is 10.1. The fourth-order valence-electron chi connectivity index (χ4n) is 3.05. The summed E-state index contributed by atoms with van der Waals surface area (Å²) in [7, 11) is 0. The lowest BCUT2D eigenvalue weighted by molar-refractivity contribution is 0.0546. The van der Waals surface area contributed by atoms with Crippen LogP contribution in [0.1, 0.15) is 23.2 Å². The molecule has 1 amide bonds. The lowest BCUT2D eigenvalue weighted by Crippen LogP contribution is -2.40. The summed E-state index contributed by atoms with van der Waals surface area (Å²) in [4.78, 5) is 23.1. The number of nitrogens with zero attached hydrogens (tertiary/aromatic N) is 4. The molecule has 0 unspecified atom stereocenters. The number of para-hydroxylation sites is 2. The summed E-state index contributed by atoms with van der Waals surface area (Å²) in [5, 5.41) is 9.55. The van der Waals surface area contributed by atoms with E-state index in [1.54, 1.807) is 23.5 Å². The van der Waals surface area contributed by atoms with Gasteiger partial charge in [-0.15, -0.1) is 0 Å². The van der Waals surface area contributed by atoms with Gasteiger partial charge in [0.25, 0.3) is 5.91 Å². The summed E-state index contributed by atoms with van der Waals surface area (Å²) in [6.45, 7) is 1.18. The zero-order valence-electron chi connectivity index (χ0n) is 13.2. The van der Waals surface area contributed by atoms with Crippen LogP contribution < -0.4 is 0 Å². The third-order valence-corrected chi connectivity index (χ3v) is 4.45. The maximum Gasteiger partial charge on any atom is 0.255 e. The molecule has 6 heteroatoms. The van der Waals surface area contributed by atoms with E-state index in [2.05, 4.69) is 9.97 Å². The van der Waals surface area contributed by atoms with Crippen molar-refractivity contribution < 1.29 is 9.90 Å². The quantitative estimate of drug-likeness (QED) is 0.783. The van der Waals surface area contributed by atoms with Gasteiger partial charge in [-0.05, 0) is 37.1 Å². The molecule has 2 aromatic heterocycles. The Balaban J connectivity index is 1.57. The van der Waals surface area contributed by atoms with Gasteiger partial charge in [0.05, 0.1) is 22.7 Å². The maximum atomic E-state index is 12.5. The first-order chi connectivity index (χ1) is 11.7. The molecule has 0 aliphatic carbocycles. The topological polar surface area (TPSA) is 71.2 Å². The SMILES string of the molecule is O=C(c1ccc(-n2cnc3ccccc32)nc1)N1CCC(O)CC1. The minimum Gasteiger partial charge on any atom is -0.393 e. The molecular weight excluding hydrogens is 304 g/mol. The number of piperidine rings is 1. The van der Waals surface area contributed by atoms with Crippen LogP contribution in [0.2, 0.25) is 0 Å². The van der Waals surface area contributed by atoms with E-state index < -0.39 is 0 Å². The molecule has 0 saturated carbocycles. The number of aromatic nitrogens is 3. The number of aliphatic hydroxyl groups excluding tert-OH is 1. The molecule has 1 aromatic carbocycles. The van der Waals surface area contributed by atoms with Crippen molar-refractivity contribution >= 4 is 16.9 Å². The fourth-order valence-corrected chi connectivity index (χ4v) is 3.05. The standard InChI is InChI=1S/C18H18N4O2/c23-14-7-9-21(10-8-14)18(24)13-5-6-17(19-11-13)22-12-20-15-3-1-2-4-16(15)22/h1-6,11-12,14,23H,7-10H2. The molecular formula is C18H18N4O2. The Morgan fingerprint density at radius 1 is 1.08 bits per heavy atom.